The van der Waals surface area contributed by atoms with Crippen molar-refractivity contribution in [1.29, 1.82) is 0 Å². The van der Waals surface area contributed by atoms with Crippen LogP contribution in [-0.2, 0) is 0 Å². The summed E-state index contributed by atoms with van der Waals surface area (Å²) >= 11 is 7.22. The Hall–Kier alpha value is -2.91. The van der Waals surface area contributed by atoms with Crippen LogP contribution in [0.15, 0.2) is 93.9 Å². The first kappa shape index (κ1) is 32.0. The number of aromatic nitrogens is 1. The molecule has 42 heavy (non-hydrogen) atoms. The number of rotatable bonds is 6. The SMILES string of the molecule is CN(C)c1ccc(/C=C/c2cc(-c3ccc(Br)cc3)cc(-c3ccc(Br)cc3)[n+]2C2CCCCC2)cc1.F[B-](F)(F)F. The van der Waals surface area contributed by atoms with Crippen molar-refractivity contribution in [2.24, 2.45) is 0 Å². The molecule has 2 nitrogen and oxygen atoms in total. The van der Waals surface area contributed by atoms with Gasteiger partial charge in [-0.05, 0) is 84.1 Å². The lowest BCUT2D eigenvalue weighted by molar-refractivity contribution is -0.716. The first-order valence-electron chi connectivity index (χ1n) is 13.9. The largest absolute Gasteiger partial charge is 0.673 e. The maximum Gasteiger partial charge on any atom is 0.673 e. The van der Waals surface area contributed by atoms with Crippen molar-refractivity contribution in [3.63, 3.8) is 0 Å². The lowest BCUT2D eigenvalue weighted by Crippen LogP contribution is -2.45. The average Bonchev–Trinajstić information content (AvgIpc) is 2.96. The van der Waals surface area contributed by atoms with E-state index in [1.54, 1.807) is 0 Å². The van der Waals surface area contributed by atoms with E-state index in [2.05, 4.69) is 153 Å². The molecule has 0 atom stereocenters. The van der Waals surface area contributed by atoms with Gasteiger partial charge in [-0.2, -0.15) is 4.57 Å². The average molecular weight is 704 g/mol. The second-order valence-corrected chi connectivity index (χ2v) is 12.4. The minimum Gasteiger partial charge on any atom is -0.418 e. The van der Waals surface area contributed by atoms with Crippen molar-refractivity contribution in [2.75, 3.05) is 19.0 Å². The maximum atomic E-state index is 9.75. The molecule has 0 amide bonds. The normalized spacial score (nSPS) is 14.0. The molecule has 3 aromatic carbocycles. The fourth-order valence-corrected chi connectivity index (χ4v) is 5.75. The van der Waals surface area contributed by atoms with Crippen molar-refractivity contribution in [2.45, 2.75) is 38.1 Å². The molecule has 1 aliphatic carbocycles. The van der Waals surface area contributed by atoms with Crippen LogP contribution in [0.5, 0.6) is 0 Å². The molecule has 0 N–H and O–H groups in total. The molecular weight excluding hydrogens is 671 g/mol. The molecule has 0 radical (unpaired) electrons. The topological polar surface area (TPSA) is 7.12 Å². The number of anilines is 1. The van der Waals surface area contributed by atoms with E-state index in [0.717, 1.165) is 8.95 Å². The quantitative estimate of drug-likeness (QED) is 0.110. The molecule has 1 saturated carbocycles. The molecule has 220 valence electrons. The van der Waals surface area contributed by atoms with Crippen molar-refractivity contribution in [3.05, 3.63) is 105 Å². The number of benzene rings is 3. The molecule has 0 spiro atoms. The third-order valence-corrected chi connectivity index (χ3v) is 8.30. The van der Waals surface area contributed by atoms with E-state index in [1.807, 2.05) is 0 Å². The summed E-state index contributed by atoms with van der Waals surface area (Å²) in [6.45, 7) is 0. The van der Waals surface area contributed by atoms with Gasteiger partial charge in [0.15, 0.2) is 6.04 Å². The van der Waals surface area contributed by atoms with E-state index in [1.165, 1.54) is 71.4 Å². The molecular formula is C33H33BBr2F4N2. The molecule has 4 aromatic rings. The molecule has 1 aromatic heterocycles. The predicted octanol–water partition coefficient (Wildman–Crippen LogP) is 10.9. The highest BCUT2D eigenvalue weighted by Gasteiger charge is 2.29. The summed E-state index contributed by atoms with van der Waals surface area (Å²) in [5.41, 5.74) is 8.66. The first-order valence-corrected chi connectivity index (χ1v) is 15.5. The molecule has 1 aliphatic rings. The van der Waals surface area contributed by atoms with E-state index < -0.39 is 7.25 Å². The second-order valence-electron chi connectivity index (χ2n) is 10.5. The molecule has 0 bridgehead atoms. The van der Waals surface area contributed by atoms with Crippen molar-refractivity contribution in [3.8, 4) is 22.4 Å². The van der Waals surface area contributed by atoms with Gasteiger partial charge in [0.05, 0.1) is 0 Å². The Morgan fingerprint density at radius 2 is 1.21 bits per heavy atom. The Morgan fingerprint density at radius 1 is 0.690 bits per heavy atom. The Kier molecular flexibility index (Phi) is 11.1. The van der Waals surface area contributed by atoms with Crippen LogP contribution in [0.2, 0.25) is 0 Å². The predicted molar refractivity (Wildman–Crippen MR) is 175 cm³/mol. The van der Waals surface area contributed by atoms with Gasteiger partial charge in [0, 0.05) is 65.3 Å². The van der Waals surface area contributed by atoms with Gasteiger partial charge in [0.2, 0.25) is 11.4 Å². The van der Waals surface area contributed by atoms with Crippen molar-refractivity contribution in [1.82, 2.24) is 0 Å². The summed E-state index contributed by atoms with van der Waals surface area (Å²) in [5.74, 6) is 0. The third-order valence-electron chi connectivity index (χ3n) is 7.25. The van der Waals surface area contributed by atoms with Gasteiger partial charge in [0.1, 0.15) is 0 Å². The van der Waals surface area contributed by atoms with Gasteiger partial charge in [0.25, 0.3) is 0 Å². The fraction of sp³-hybridized carbons (Fsp3) is 0.242. The lowest BCUT2D eigenvalue weighted by atomic mass is 9.92. The highest BCUT2D eigenvalue weighted by molar-refractivity contribution is 9.10. The minimum atomic E-state index is -6.00. The van der Waals surface area contributed by atoms with Gasteiger partial charge in [-0.1, -0.05) is 62.5 Å². The number of hydrogen-bond acceptors (Lipinski definition) is 1. The molecule has 1 heterocycles. The van der Waals surface area contributed by atoms with Gasteiger partial charge in [-0.15, -0.1) is 0 Å². The molecule has 0 saturated heterocycles. The van der Waals surface area contributed by atoms with E-state index in [-0.39, 0.29) is 0 Å². The molecule has 9 heteroatoms. The Morgan fingerprint density at radius 3 is 1.74 bits per heavy atom. The molecule has 1 fully saturated rings. The van der Waals surface area contributed by atoms with E-state index in [9.17, 15) is 17.3 Å². The second kappa shape index (κ2) is 14.5. The van der Waals surface area contributed by atoms with Gasteiger partial charge in [-0.3, -0.25) is 0 Å². The zero-order chi connectivity index (χ0) is 30.3. The van der Waals surface area contributed by atoms with E-state index in [0.29, 0.717) is 6.04 Å². The zero-order valence-electron chi connectivity index (χ0n) is 23.6. The number of nitrogens with zero attached hydrogens (tertiary/aromatic N) is 2. The molecule has 5 rings (SSSR count). The van der Waals surface area contributed by atoms with Crippen LogP contribution in [-0.4, -0.2) is 21.3 Å². The Labute approximate surface area is 262 Å². The summed E-state index contributed by atoms with van der Waals surface area (Å²) in [7, 11) is -1.84. The smallest absolute Gasteiger partial charge is 0.418 e. The highest BCUT2D eigenvalue weighted by atomic mass is 79.9. The third kappa shape index (κ3) is 9.30. The fourth-order valence-electron chi connectivity index (χ4n) is 5.22. The van der Waals surface area contributed by atoms with Crippen LogP contribution in [0.4, 0.5) is 23.0 Å². The van der Waals surface area contributed by atoms with E-state index in [4.69, 9.17) is 0 Å². The van der Waals surface area contributed by atoms with E-state index >= 15 is 0 Å². The van der Waals surface area contributed by atoms with Crippen LogP contribution in [0, 0.1) is 0 Å². The van der Waals surface area contributed by atoms with Crippen molar-refractivity contribution < 1.29 is 21.8 Å². The standard InChI is InChI=1S/C33H33Br2N2.BF4/c1-36(2)30-19-8-24(9-20-30)10-21-32-22-27(25-11-15-28(34)16-12-25)23-33(26-13-17-29(35)18-14-26)37(32)31-6-4-3-5-7-31;2-1(3,4)5/h8-23,31H,3-7H2,1-2H3;/q+1;-1. The summed E-state index contributed by atoms with van der Waals surface area (Å²) < 4.78 is 43.8. The van der Waals surface area contributed by atoms with Crippen LogP contribution in [0.25, 0.3) is 34.5 Å². The monoisotopic (exact) mass is 702 g/mol. The summed E-state index contributed by atoms with van der Waals surface area (Å²) in [6.07, 6.45) is 10.9. The number of halogens is 6. The number of hydrogen-bond donors (Lipinski definition) is 0. The zero-order valence-corrected chi connectivity index (χ0v) is 26.8. The van der Waals surface area contributed by atoms with Crippen LogP contribution in [0.1, 0.15) is 49.4 Å². The summed E-state index contributed by atoms with van der Waals surface area (Å²) in [4.78, 5) is 2.14. The van der Waals surface area contributed by atoms with Crippen molar-refractivity contribution >= 4 is 57.0 Å². The first-order chi connectivity index (χ1) is 20.0. The van der Waals surface area contributed by atoms with Crippen LogP contribution < -0.4 is 9.47 Å². The summed E-state index contributed by atoms with van der Waals surface area (Å²) in [5, 5.41) is 0. The van der Waals surface area contributed by atoms with Gasteiger partial charge in [-0.25, -0.2) is 0 Å². The Bertz CT molecular complexity index is 1480. The maximum absolute atomic E-state index is 9.75. The Balaban J connectivity index is 0.000000748. The highest BCUT2D eigenvalue weighted by Crippen LogP contribution is 2.32. The lowest BCUT2D eigenvalue weighted by Gasteiger charge is -2.22. The minimum absolute atomic E-state index is 0.502. The van der Waals surface area contributed by atoms with Crippen LogP contribution >= 0.6 is 31.9 Å². The summed E-state index contributed by atoms with van der Waals surface area (Å²) in [6, 6.07) is 31.4. The van der Waals surface area contributed by atoms with Gasteiger partial charge < -0.3 is 22.2 Å². The molecule has 0 aliphatic heterocycles. The number of pyridine rings is 1. The van der Waals surface area contributed by atoms with Gasteiger partial charge >= 0.3 is 7.25 Å². The molecule has 0 unspecified atom stereocenters. The van der Waals surface area contributed by atoms with Crippen LogP contribution in [0.3, 0.4) is 0 Å².